The molecule has 0 radical (unpaired) electrons. The van der Waals surface area contributed by atoms with Gasteiger partial charge in [-0.25, -0.2) is 4.68 Å². The maximum Gasteiger partial charge on any atom is 0.260 e. The minimum absolute atomic E-state index is 0.00303. The molecule has 0 aliphatic heterocycles. The number of para-hydroxylation sites is 1. The van der Waals surface area contributed by atoms with Gasteiger partial charge in [-0.05, 0) is 50.2 Å². The first-order valence-corrected chi connectivity index (χ1v) is 9.48. The van der Waals surface area contributed by atoms with Crippen molar-refractivity contribution < 1.29 is 9.53 Å². The smallest absolute Gasteiger partial charge is 0.260 e. The van der Waals surface area contributed by atoms with Crippen molar-refractivity contribution in [2.45, 2.75) is 20.4 Å². The third kappa shape index (κ3) is 4.57. The fourth-order valence-electron chi connectivity index (χ4n) is 2.84. The molecule has 0 atom stereocenters. The Kier molecular flexibility index (Phi) is 5.96. The van der Waals surface area contributed by atoms with E-state index in [1.54, 1.807) is 11.9 Å². The van der Waals surface area contributed by atoms with Gasteiger partial charge in [-0.2, -0.15) is 5.10 Å². The lowest BCUT2D eigenvalue weighted by molar-refractivity contribution is -0.132. The molecule has 1 heterocycles. The third-order valence-electron chi connectivity index (χ3n) is 4.44. The van der Waals surface area contributed by atoms with E-state index in [2.05, 4.69) is 21.0 Å². The molecule has 3 rings (SSSR count). The van der Waals surface area contributed by atoms with Gasteiger partial charge in [0.15, 0.2) is 6.61 Å². The predicted molar refractivity (Wildman–Crippen MR) is 109 cm³/mol. The highest BCUT2D eigenvalue weighted by Crippen LogP contribution is 2.20. The minimum Gasteiger partial charge on any atom is -0.484 e. The van der Waals surface area contributed by atoms with E-state index < -0.39 is 0 Å². The van der Waals surface area contributed by atoms with Crippen molar-refractivity contribution >= 4 is 21.8 Å². The lowest BCUT2D eigenvalue weighted by Crippen LogP contribution is -2.31. The molecule has 0 fully saturated rings. The summed E-state index contributed by atoms with van der Waals surface area (Å²) in [5.74, 6) is 0.591. The Hall–Kier alpha value is -2.60. The second kappa shape index (κ2) is 8.39. The third-order valence-corrected chi connectivity index (χ3v) is 4.97. The maximum atomic E-state index is 12.5. The Morgan fingerprint density at radius 2 is 1.78 bits per heavy atom. The number of nitrogens with zero attached hydrogens (tertiary/aromatic N) is 3. The molecular weight excluding hydrogens is 406 g/mol. The van der Waals surface area contributed by atoms with E-state index in [4.69, 9.17) is 4.74 Å². The number of hydrogen-bond acceptors (Lipinski definition) is 3. The fourth-order valence-corrected chi connectivity index (χ4v) is 3.10. The Labute approximate surface area is 167 Å². The van der Waals surface area contributed by atoms with Crippen molar-refractivity contribution in [2.75, 3.05) is 13.7 Å². The van der Waals surface area contributed by atoms with Crippen molar-refractivity contribution in [1.82, 2.24) is 14.7 Å². The van der Waals surface area contributed by atoms with E-state index in [0.717, 1.165) is 27.1 Å². The number of benzene rings is 2. The van der Waals surface area contributed by atoms with E-state index in [9.17, 15) is 4.79 Å². The molecule has 0 N–H and O–H groups in total. The number of likely N-dealkylation sites (N-methyl/N-ethyl adjacent to an activating group) is 1. The lowest BCUT2D eigenvalue weighted by Gasteiger charge is -2.18. The molecule has 0 bridgehead atoms. The van der Waals surface area contributed by atoms with Gasteiger partial charge in [0, 0.05) is 29.3 Å². The summed E-state index contributed by atoms with van der Waals surface area (Å²) in [6, 6.07) is 17.4. The highest BCUT2D eigenvalue weighted by Gasteiger charge is 2.17. The molecule has 2 aromatic carbocycles. The highest BCUT2D eigenvalue weighted by molar-refractivity contribution is 9.10. The number of amides is 1. The molecule has 140 valence electrons. The summed E-state index contributed by atoms with van der Waals surface area (Å²) in [7, 11) is 1.78. The molecule has 27 heavy (non-hydrogen) atoms. The van der Waals surface area contributed by atoms with Crippen LogP contribution < -0.4 is 4.74 Å². The molecule has 0 aliphatic carbocycles. The SMILES string of the molecule is Cc1nn(-c2ccccc2)c(C)c1CN(C)C(=O)COc1ccc(Br)cc1. The molecule has 0 saturated heterocycles. The van der Waals surface area contributed by atoms with Crippen molar-refractivity contribution in [1.29, 1.82) is 0 Å². The Morgan fingerprint density at radius 1 is 1.11 bits per heavy atom. The van der Waals surface area contributed by atoms with Gasteiger partial charge >= 0.3 is 0 Å². The summed E-state index contributed by atoms with van der Waals surface area (Å²) in [6.45, 7) is 4.49. The molecule has 0 unspecified atom stereocenters. The van der Waals surface area contributed by atoms with E-state index in [0.29, 0.717) is 12.3 Å². The fraction of sp³-hybridized carbons (Fsp3) is 0.238. The normalized spacial score (nSPS) is 10.7. The lowest BCUT2D eigenvalue weighted by atomic mass is 10.2. The van der Waals surface area contributed by atoms with Gasteiger partial charge in [0.05, 0.1) is 11.4 Å². The summed E-state index contributed by atoms with van der Waals surface area (Å²) in [6.07, 6.45) is 0. The number of carbonyl (C=O) groups excluding carboxylic acids is 1. The van der Waals surface area contributed by atoms with Crippen LogP contribution in [0.2, 0.25) is 0 Å². The topological polar surface area (TPSA) is 47.4 Å². The number of carbonyl (C=O) groups is 1. The maximum absolute atomic E-state index is 12.5. The van der Waals surface area contributed by atoms with Gasteiger partial charge in [-0.1, -0.05) is 34.1 Å². The van der Waals surface area contributed by atoms with Crippen molar-refractivity contribution in [2.24, 2.45) is 0 Å². The first-order valence-electron chi connectivity index (χ1n) is 8.68. The van der Waals surface area contributed by atoms with Crippen LogP contribution in [0.5, 0.6) is 5.75 Å². The average molecular weight is 428 g/mol. The van der Waals surface area contributed by atoms with Gasteiger partial charge in [0.1, 0.15) is 5.75 Å². The summed E-state index contributed by atoms with van der Waals surface area (Å²) in [5, 5.41) is 4.64. The first kappa shape index (κ1) is 19.2. The zero-order chi connectivity index (χ0) is 19.4. The summed E-state index contributed by atoms with van der Waals surface area (Å²) in [4.78, 5) is 14.1. The summed E-state index contributed by atoms with van der Waals surface area (Å²) < 4.78 is 8.47. The van der Waals surface area contributed by atoms with Crippen LogP contribution in [0.25, 0.3) is 5.69 Å². The molecule has 3 aromatic rings. The van der Waals surface area contributed by atoms with E-state index in [1.165, 1.54) is 0 Å². The van der Waals surface area contributed by atoms with Crippen molar-refractivity contribution in [3.05, 3.63) is 76.0 Å². The molecular formula is C21H22BrN3O2. The van der Waals surface area contributed by atoms with Crippen LogP contribution in [0, 0.1) is 13.8 Å². The highest BCUT2D eigenvalue weighted by atomic mass is 79.9. The standard InChI is InChI=1S/C21H22BrN3O2/c1-15-20(16(2)25(23-15)18-7-5-4-6-8-18)13-24(3)21(26)14-27-19-11-9-17(22)10-12-19/h4-12H,13-14H2,1-3H3. The second-order valence-electron chi connectivity index (χ2n) is 6.39. The van der Waals surface area contributed by atoms with Crippen LogP contribution in [-0.4, -0.2) is 34.2 Å². The van der Waals surface area contributed by atoms with E-state index in [-0.39, 0.29) is 12.5 Å². The van der Waals surface area contributed by atoms with E-state index in [1.807, 2.05) is 73.1 Å². The summed E-state index contributed by atoms with van der Waals surface area (Å²) in [5.41, 5.74) is 4.02. The van der Waals surface area contributed by atoms with Crippen LogP contribution in [0.15, 0.2) is 59.1 Å². The number of ether oxygens (including phenoxy) is 1. The zero-order valence-electron chi connectivity index (χ0n) is 15.6. The van der Waals surface area contributed by atoms with Crippen LogP contribution in [0.3, 0.4) is 0 Å². The Morgan fingerprint density at radius 3 is 2.44 bits per heavy atom. The van der Waals surface area contributed by atoms with Gasteiger partial charge < -0.3 is 9.64 Å². The Bertz CT molecular complexity index is 921. The second-order valence-corrected chi connectivity index (χ2v) is 7.30. The van der Waals surface area contributed by atoms with Crippen LogP contribution in [0.1, 0.15) is 17.0 Å². The number of halogens is 1. The number of aromatic nitrogens is 2. The van der Waals surface area contributed by atoms with Gasteiger partial charge in [0.2, 0.25) is 0 Å². The van der Waals surface area contributed by atoms with Crippen LogP contribution in [-0.2, 0) is 11.3 Å². The van der Waals surface area contributed by atoms with Crippen LogP contribution in [0.4, 0.5) is 0 Å². The quantitative estimate of drug-likeness (QED) is 0.589. The first-order chi connectivity index (χ1) is 13.0. The summed E-state index contributed by atoms with van der Waals surface area (Å²) >= 11 is 3.38. The number of rotatable bonds is 6. The van der Waals surface area contributed by atoms with Gasteiger partial charge in [0.25, 0.3) is 5.91 Å². The van der Waals surface area contributed by atoms with Crippen LogP contribution >= 0.6 is 15.9 Å². The molecule has 0 aliphatic rings. The molecule has 6 heteroatoms. The van der Waals surface area contributed by atoms with Crippen molar-refractivity contribution in [3.63, 3.8) is 0 Å². The van der Waals surface area contributed by atoms with Crippen molar-refractivity contribution in [3.8, 4) is 11.4 Å². The molecule has 1 aromatic heterocycles. The van der Waals surface area contributed by atoms with Gasteiger partial charge in [-0.15, -0.1) is 0 Å². The zero-order valence-corrected chi connectivity index (χ0v) is 17.2. The number of aryl methyl sites for hydroxylation is 1. The average Bonchev–Trinajstić information content (AvgIpc) is 2.96. The Balaban J connectivity index is 1.66. The molecule has 1 amide bonds. The molecule has 0 saturated carbocycles. The van der Waals surface area contributed by atoms with Gasteiger partial charge in [-0.3, -0.25) is 4.79 Å². The monoisotopic (exact) mass is 427 g/mol. The largest absolute Gasteiger partial charge is 0.484 e. The number of hydrogen-bond donors (Lipinski definition) is 0. The molecule has 5 nitrogen and oxygen atoms in total. The molecule has 0 spiro atoms. The van der Waals surface area contributed by atoms with E-state index >= 15 is 0 Å². The predicted octanol–water partition coefficient (Wildman–Crippen LogP) is 4.29. The minimum atomic E-state index is -0.0795.